The van der Waals surface area contributed by atoms with Crippen LogP contribution >= 0.6 is 0 Å². The maximum absolute atomic E-state index is 11.2. The molecule has 0 saturated carbocycles. The van der Waals surface area contributed by atoms with Gasteiger partial charge >= 0.3 is 0 Å². The van der Waals surface area contributed by atoms with Gasteiger partial charge in [0.1, 0.15) is 0 Å². The largest absolute Gasteiger partial charge is 0.313 e. The molecular weight excluding hydrogens is 264 g/mol. The molecule has 0 fully saturated rings. The molecule has 3 rings (SSSR count). The first-order chi connectivity index (χ1) is 10.3. The molecule has 21 heavy (non-hydrogen) atoms. The fourth-order valence-corrected chi connectivity index (χ4v) is 2.21. The second kappa shape index (κ2) is 6.17. The van der Waals surface area contributed by atoms with Crippen molar-refractivity contribution < 1.29 is 0 Å². The molecule has 0 saturated heterocycles. The normalized spacial score (nSPS) is 10.7. The smallest absolute Gasteiger partial charge is 0.250 e. The van der Waals surface area contributed by atoms with E-state index in [0.29, 0.717) is 0 Å². The topological polar surface area (TPSA) is 63.6 Å². The van der Waals surface area contributed by atoms with Gasteiger partial charge in [0.15, 0.2) is 0 Å². The lowest BCUT2D eigenvalue weighted by molar-refractivity contribution is 0.686. The molecule has 0 amide bonds. The molecular formula is C16H16N4O. The third kappa shape index (κ3) is 3.66. The van der Waals surface area contributed by atoms with Crippen LogP contribution in [0.15, 0.2) is 59.9 Å². The van der Waals surface area contributed by atoms with Crippen molar-refractivity contribution >= 4 is 0 Å². The van der Waals surface area contributed by atoms with Crippen molar-refractivity contribution in [3.63, 3.8) is 0 Å². The zero-order chi connectivity index (χ0) is 14.5. The monoisotopic (exact) mass is 280 g/mol. The van der Waals surface area contributed by atoms with Crippen LogP contribution in [0, 0.1) is 0 Å². The lowest BCUT2D eigenvalue weighted by Gasteiger charge is -2.05. The van der Waals surface area contributed by atoms with Gasteiger partial charge in [-0.05, 0) is 30.0 Å². The Morgan fingerprint density at radius 1 is 1.10 bits per heavy atom. The Labute approximate surface area is 122 Å². The molecule has 0 atom stereocenters. The molecule has 0 bridgehead atoms. The first kappa shape index (κ1) is 13.3. The number of nitrogens with zero attached hydrogens (tertiary/aromatic N) is 3. The van der Waals surface area contributed by atoms with E-state index in [-0.39, 0.29) is 5.56 Å². The minimum atomic E-state index is -0.102. The van der Waals surface area contributed by atoms with Crippen molar-refractivity contribution in [1.29, 1.82) is 0 Å². The fourth-order valence-electron chi connectivity index (χ4n) is 2.21. The fraction of sp³-hybridized carbons (Fsp3) is 0.188. The van der Waals surface area contributed by atoms with Crippen LogP contribution in [0.2, 0.25) is 0 Å². The van der Waals surface area contributed by atoms with Crippen molar-refractivity contribution in [1.82, 2.24) is 19.7 Å². The summed E-state index contributed by atoms with van der Waals surface area (Å²) in [5, 5.41) is 4.19. The van der Waals surface area contributed by atoms with Gasteiger partial charge in [0.2, 0.25) is 0 Å². The third-order valence-corrected chi connectivity index (χ3v) is 3.33. The number of aromatic amines is 1. The van der Waals surface area contributed by atoms with E-state index in [1.54, 1.807) is 12.3 Å². The third-order valence-electron chi connectivity index (χ3n) is 3.33. The number of hydrogen-bond acceptors (Lipinski definition) is 3. The first-order valence-electron chi connectivity index (χ1n) is 6.88. The van der Waals surface area contributed by atoms with E-state index >= 15 is 0 Å². The van der Waals surface area contributed by atoms with Crippen LogP contribution in [0.4, 0.5) is 0 Å². The van der Waals surface area contributed by atoms with Crippen LogP contribution in [-0.4, -0.2) is 19.7 Å². The van der Waals surface area contributed by atoms with Crippen molar-refractivity contribution in [3.05, 3.63) is 82.3 Å². The molecule has 0 radical (unpaired) electrons. The predicted molar refractivity (Wildman–Crippen MR) is 80.0 cm³/mol. The second-order valence-electron chi connectivity index (χ2n) is 4.92. The van der Waals surface area contributed by atoms with Gasteiger partial charge in [0.25, 0.3) is 5.56 Å². The molecule has 1 N–H and O–H groups in total. The maximum Gasteiger partial charge on any atom is 0.250 e. The van der Waals surface area contributed by atoms with Gasteiger partial charge < -0.3 is 4.98 Å². The maximum atomic E-state index is 11.2. The zero-order valence-corrected chi connectivity index (χ0v) is 11.6. The summed E-state index contributed by atoms with van der Waals surface area (Å²) in [5.74, 6) is 0. The summed E-state index contributed by atoms with van der Waals surface area (Å²) in [6, 6.07) is 11.9. The molecule has 2 aromatic heterocycles. The van der Waals surface area contributed by atoms with Crippen LogP contribution in [0.25, 0.3) is 0 Å². The van der Waals surface area contributed by atoms with Crippen LogP contribution in [0.3, 0.4) is 0 Å². The number of rotatable bonds is 5. The minimum Gasteiger partial charge on any atom is -0.313 e. The van der Waals surface area contributed by atoms with E-state index in [9.17, 15) is 4.79 Å². The summed E-state index contributed by atoms with van der Waals surface area (Å²) in [6.45, 7) is 0.781. The average molecular weight is 280 g/mol. The molecule has 0 spiro atoms. The van der Waals surface area contributed by atoms with E-state index < -0.39 is 0 Å². The van der Waals surface area contributed by atoms with E-state index in [0.717, 1.165) is 25.1 Å². The molecule has 0 aliphatic carbocycles. The second-order valence-corrected chi connectivity index (χ2v) is 4.92. The van der Waals surface area contributed by atoms with Gasteiger partial charge in [-0.2, -0.15) is 5.10 Å². The highest BCUT2D eigenvalue weighted by atomic mass is 16.1. The van der Waals surface area contributed by atoms with Gasteiger partial charge in [0, 0.05) is 24.2 Å². The van der Waals surface area contributed by atoms with Gasteiger partial charge in [-0.15, -0.1) is 0 Å². The lowest BCUT2D eigenvalue weighted by Crippen LogP contribution is -2.07. The molecule has 0 unspecified atom stereocenters. The molecule has 0 aliphatic heterocycles. The quantitative estimate of drug-likeness (QED) is 0.775. The number of aryl methyl sites for hydroxylation is 2. The Kier molecular flexibility index (Phi) is 3.91. The number of aromatic nitrogens is 4. The Balaban J connectivity index is 1.60. The highest BCUT2D eigenvalue weighted by Gasteiger charge is 2.00. The van der Waals surface area contributed by atoms with E-state index in [4.69, 9.17) is 0 Å². The van der Waals surface area contributed by atoms with Crippen molar-refractivity contribution in [3.8, 4) is 0 Å². The lowest BCUT2D eigenvalue weighted by atomic mass is 10.1. The SMILES string of the molecule is O=c1cc(CCc2ccc(Cn3cccn3)cc2)nc[nH]1. The molecule has 2 heterocycles. The van der Waals surface area contributed by atoms with E-state index in [1.165, 1.54) is 17.5 Å². The van der Waals surface area contributed by atoms with Crippen LogP contribution in [-0.2, 0) is 19.4 Å². The highest BCUT2D eigenvalue weighted by Crippen LogP contribution is 2.08. The van der Waals surface area contributed by atoms with E-state index in [1.807, 2.05) is 16.9 Å². The Bertz CT molecular complexity index is 744. The van der Waals surface area contributed by atoms with Crippen LogP contribution in [0.5, 0.6) is 0 Å². The standard InChI is InChI=1S/C16H16N4O/c21-16-10-15(17-12-18-16)7-6-13-2-4-14(5-3-13)11-20-9-1-8-19-20/h1-5,8-10,12H,6-7,11H2,(H,17,18,21). The zero-order valence-electron chi connectivity index (χ0n) is 11.6. The minimum absolute atomic E-state index is 0.102. The Hall–Kier alpha value is -2.69. The highest BCUT2D eigenvalue weighted by molar-refractivity contribution is 5.23. The molecule has 106 valence electrons. The van der Waals surface area contributed by atoms with E-state index in [2.05, 4.69) is 39.3 Å². The molecule has 3 aromatic rings. The van der Waals surface area contributed by atoms with Crippen LogP contribution in [0.1, 0.15) is 16.8 Å². The average Bonchev–Trinajstić information content (AvgIpc) is 3.00. The van der Waals surface area contributed by atoms with Crippen molar-refractivity contribution in [2.45, 2.75) is 19.4 Å². The van der Waals surface area contributed by atoms with Gasteiger partial charge in [-0.25, -0.2) is 4.98 Å². The molecule has 1 aromatic carbocycles. The van der Waals surface area contributed by atoms with Gasteiger partial charge in [-0.1, -0.05) is 24.3 Å². The first-order valence-corrected chi connectivity index (χ1v) is 6.88. The molecule has 5 heteroatoms. The Morgan fingerprint density at radius 2 is 1.90 bits per heavy atom. The summed E-state index contributed by atoms with van der Waals surface area (Å²) in [4.78, 5) is 17.9. The number of hydrogen-bond donors (Lipinski definition) is 1. The van der Waals surface area contributed by atoms with Gasteiger partial charge in [-0.3, -0.25) is 9.48 Å². The van der Waals surface area contributed by atoms with Gasteiger partial charge in [0.05, 0.1) is 12.9 Å². The molecule has 5 nitrogen and oxygen atoms in total. The number of nitrogens with one attached hydrogen (secondary N) is 1. The predicted octanol–water partition coefficient (Wildman–Crippen LogP) is 1.80. The summed E-state index contributed by atoms with van der Waals surface area (Å²) in [7, 11) is 0. The summed E-state index contributed by atoms with van der Waals surface area (Å²) >= 11 is 0. The molecule has 0 aliphatic rings. The number of benzene rings is 1. The summed E-state index contributed by atoms with van der Waals surface area (Å²) in [5.41, 5.74) is 3.17. The Morgan fingerprint density at radius 3 is 2.62 bits per heavy atom. The van der Waals surface area contributed by atoms with Crippen molar-refractivity contribution in [2.75, 3.05) is 0 Å². The summed E-state index contributed by atoms with van der Waals surface area (Å²) in [6.07, 6.45) is 6.82. The number of H-pyrrole nitrogens is 1. The van der Waals surface area contributed by atoms with Crippen LogP contribution < -0.4 is 5.56 Å². The van der Waals surface area contributed by atoms with Crippen molar-refractivity contribution in [2.24, 2.45) is 0 Å². The summed E-state index contributed by atoms with van der Waals surface area (Å²) < 4.78 is 1.90.